The lowest BCUT2D eigenvalue weighted by Crippen LogP contribution is -2.11. The van der Waals surface area contributed by atoms with Gasteiger partial charge in [0.25, 0.3) is 0 Å². The molecule has 0 aromatic heterocycles. The second-order valence-electron chi connectivity index (χ2n) is 9.79. The van der Waals surface area contributed by atoms with Crippen LogP contribution >= 0.6 is 11.6 Å². The van der Waals surface area contributed by atoms with Gasteiger partial charge in [0.05, 0.1) is 27.3 Å². The highest BCUT2D eigenvalue weighted by atomic mass is 35.5. The van der Waals surface area contributed by atoms with Crippen molar-refractivity contribution < 1.29 is 19.1 Å². The van der Waals surface area contributed by atoms with Gasteiger partial charge in [-0.3, -0.25) is 0 Å². The fourth-order valence-electron chi connectivity index (χ4n) is 4.42. The average Bonchev–Trinajstić information content (AvgIpc) is 3.01. The van der Waals surface area contributed by atoms with Gasteiger partial charge in [-0.15, -0.1) is 0 Å². The number of hydrogen-bond donors (Lipinski definition) is 0. The van der Waals surface area contributed by atoms with Crippen molar-refractivity contribution in [3.05, 3.63) is 118 Å². The van der Waals surface area contributed by atoms with E-state index in [4.69, 9.17) is 31.6 Å². The summed E-state index contributed by atoms with van der Waals surface area (Å²) in [6.45, 7) is 2.22. The molecule has 4 aromatic carbocycles. The van der Waals surface area contributed by atoms with Crippen LogP contribution < -0.4 is 9.47 Å². The van der Waals surface area contributed by atoms with Gasteiger partial charge in [0, 0.05) is 12.1 Å². The number of carbonyl (C=O) groups is 2. The Morgan fingerprint density at radius 2 is 1.29 bits per heavy atom. The van der Waals surface area contributed by atoms with E-state index in [-0.39, 0.29) is 33.2 Å². The lowest BCUT2D eigenvalue weighted by Gasteiger charge is -2.09. The van der Waals surface area contributed by atoms with Gasteiger partial charge < -0.3 is 9.47 Å². The third-order valence-corrected chi connectivity index (χ3v) is 7.10. The lowest BCUT2D eigenvalue weighted by molar-refractivity contribution is 0.0730. The molecule has 7 heteroatoms. The van der Waals surface area contributed by atoms with Crippen molar-refractivity contribution in [1.29, 1.82) is 10.5 Å². The van der Waals surface area contributed by atoms with Gasteiger partial charge in [0.1, 0.15) is 23.6 Å². The van der Waals surface area contributed by atoms with Gasteiger partial charge in [-0.25, -0.2) is 9.59 Å². The number of benzene rings is 4. The first-order chi connectivity index (χ1) is 20.4. The number of esters is 2. The molecule has 42 heavy (non-hydrogen) atoms. The van der Waals surface area contributed by atoms with Gasteiger partial charge in [-0.2, -0.15) is 10.5 Å². The van der Waals surface area contributed by atoms with Gasteiger partial charge >= 0.3 is 11.9 Å². The number of ether oxygens (including phenoxy) is 2. The Hall–Kier alpha value is -4.91. The standard InChI is InChI=1S/C35H29ClN2O4/c1-2-3-4-5-6-7-24-8-10-25(11-9-24)26-12-14-27(15-13-26)34(39)41-31-18-19-32(33(36)21-31)35(40)42-30-17-16-28(22-37)29(20-30)23-38/h8-21H,2-7H2,1H3. The Kier molecular flexibility index (Phi) is 10.5. The van der Waals surface area contributed by atoms with Crippen LogP contribution in [0.1, 0.15) is 76.4 Å². The molecule has 6 nitrogen and oxygen atoms in total. The van der Waals surface area contributed by atoms with E-state index in [0.717, 1.165) is 17.5 Å². The summed E-state index contributed by atoms with van der Waals surface area (Å²) in [4.78, 5) is 25.4. The maximum absolute atomic E-state index is 12.8. The third kappa shape index (κ3) is 7.85. The normalized spacial score (nSPS) is 10.4. The van der Waals surface area contributed by atoms with Crippen molar-refractivity contribution in [3.8, 4) is 34.8 Å². The second kappa shape index (κ2) is 14.6. The summed E-state index contributed by atoms with van der Waals surface area (Å²) >= 11 is 6.29. The molecule has 0 fully saturated rings. The highest BCUT2D eigenvalue weighted by molar-refractivity contribution is 6.33. The molecule has 0 N–H and O–H groups in total. The molecule has 0 spiro atoms. The Balaban J connectivity index is 1.34. The maximum atomic E-state index is 12.8. The van der Waals surface area contributed by atoms with E-state index >= 15 is 0 Å². The van der Waals surface area contributed by atoms with Crippen molar-refractivity contribution in [2.45, 2.75) is 45.4 Å². The smallest absolute Gasteiger partial charge is 0.345 e. The highest BCUT2D eigenvalue weighted by Crippen LogP contribution is 2.27. The van der Waals surface area contributed by atoms with Crippen LogP contribution in [0.15, 0.2) is 84.9 Å². The van der Waals surface area contributed by atoms with Crippen molar-refractivity contribution in [2.75, 3.05) is 0 Å². The van der Waals surface area contributed by atoms with Crippen LogP contribution in [0.4, 0.5) is 0 Å². The van der Waals surface area contributed by atoms with Crippen LogP contribution in [-0.4, -0.2) is 11.9 Å². The van der Waals surface area contributed by atoms with E-state index in [2.05, 4.69) is 31.2 Å². The molecular weight excluding hydrogens is 548 g/mol. The average molecular weight is 577 g/mol. The van der Waals surface area contributed by atoms with Crippen molar-refractivity contribution in [3.63, 3.8) is 0 Å². The molecule has 210 valence electrons. The van der Waals surface area contributed by atoms with Gasteiger partial charge in [-0.1, -0.05) is 80.6 Å². The summed E-state index contributed by atoms with van der Waals surface area (Å²) in [5.41, 5.74) is 4.08. The molecular formula is C35H29ClN2O4. The molecule has 4 rings (SSSR count). The number of hydrogen-bond acceptors (Lipinski definition) is 6. The van der Waals surface area contributed by atoms with E-state index < -0.39 is 11.9 Å². The van der Waals surface area contributed by atoms with E-state index in [0.29, 0.717) is 5.56 Å². The van der Waals surface area contributed by atoms with Gasteiger partial charge in [0.15, 0.2) is 0 Å². The monoisotopic (exact) mass is 576 g/mol. The highest BCUT2D eigenvalue weighted by Gasteiger charge is 2.17. The summed E-state index contributed by atoms with van der Waals surface area (Å²) < 4.78 is 10.8. The number of nitrogens with zero attached hydrogens (tertiary/aromatic N) is 2. The zero-order chi connectivity index (χ0) is 29.9. The summed E-state index contributed by atoms with van der Waals surface area (Å²) in [5.74, 6) is -1.06. The molecule has 0 aliphatic carbocycles. The Morgan fingerprint density at radius 3 is 1.93 bits per heavy atom. The number of aryl methyl sites for hydroxylation is 1. The number of rotatable bonds is 11. The van der Waals surface area contributed by atoms with Crippen LogP contribution in [0.3, 0.4) is 0 Å². The topological polar surface area (TPSA) is 100 Å². The quantitative estimate of drug-likeness (QED) is 0.100. The van der Waals surface area contributed by atoms with Crippen molar-refractivity contribution >= 4 is 23.5 Å². The summed E-state index contributed by atoms with van der Waals surface area (Å²) in [5, 5.41) is 18.2. The first kappa shape index (κ1) is 30.1. The van der Waals surface area contributed by atoms with Gasteiger partial charge in [-0.05, 0) is 65.9 Å². The molecule has 0 radical (unpaired) electrons. The molecule has 0 atom stereocenters. The molecule has 4 aromatic rings. The Labute approximate surface area is 250 Å². The molecule has 0 aliphatic rings. The van der Waals surface area contributed by atoms with E-state index in [1.54, 1.807) is 12.1 Å². The molecule has 0 unspecified atom stereocenters. The fourth-order valence-corrected chi connectivity index (χ4v) is 4.67. The van der Waals surface area contributed by atoms with Crippen molar-refractivity contribution in [1.82, 2.24) is 0 Å². The van der Waals surface area contributed by atoms with Crippen LogP contribution in [0.2, 0.25) is 5.02 Å². The van der Waals surface area contributed by atoms with E-state index in [9.17, 15) is 9.59 Å². The van der Waals surface area contributed by atoms with Crippen molar-refractivity contribution in [2.24, 2.45) is 0 Å². The molecule has 0 bridgehead atoms. The van der Waals surface area contributed by atoms with Crippen LogP contribution in [0.5, 0.6) is 11.5 Å². The van der Waals surface area contributed by atoms with Gasteiger partial charge in [0.2, 0.25) is 0 Å². The second-order valence-corrected chi connectivity index (χ2v) is 10.2. The van der Waals surface area contributed by atoms with E-state index in [1.165, 1.54) is 74.1 Å². The minimum absolute atomic E-state index is 0.0270. The zero-order valence-electron chi connectivity index (χ0n) is 23.2. The Bertz CT molecular complexity index is 1650. The zero-order valence-corrected chi connectivity index (χ0v) is 24.0. The number of nitriles is 2. The minimum Gasteiger partial charge on any atom is -0.423 e. The van der Waals surface area contributed by atoms with E-state index in [1.807, 2.05) is 24.3 Å². The summed E-state index contributed by atoms with van der Waals surface area (Å²) in [6.07, 6.45) is 7.40. The first-order valence-electron chi connectivity index (χ1n) is 13.8. The predicted molar refractivity (Wildman–Crippen MR) is 162 cm³/mol. The summed E-state index contributed by atoms with van der Waals surface area (Å²) in [6, 6.07) is 27.8. The summed E-state index contributed by atoms with van der Waals surface area (Å²) in [7, 11) is 0. The molecule has 0 saturated heterocycles. The SMILES string of the molecule is CCCCCCCc1ccc(-c2ccc(C(=O)Oc3ccc(C(=O)Oc4ccc(C#N)c(C#N)c4)c(Cl)c3)cc2)cc1. The fraction of sp³-hybridized carbons (Fsp3) is 0.200. The van der Waals surface area contributed by atoms with Crippen LogP contribution in [-0.2, 0) is 6.42 Å². The molecule has 0 saturated carbocycles. The van der Waals surface area contributed by atoms with Crippen LogP contribution in [0.25, 0.3) is 11.1 Å². The third-order valence-electron chi connectivity index (χ3n) is 6.79. The largest absolute Gasteiger partial charge is 0.423 e. The minimum atomic E-state index is -0.762. The lowest BCUT2D eigenvalue weighted by atomic mass is 10.00. The number of unbranched alkanes of at least 4 members (excludes halogenated alkanes) is 4. The molecule has 0 amide bonds. The first-order valence-corrected chi connectivity index (χ1v) is 14.2. The van der Waals surface area contributed by atoms with Crippen LogP contribution in [0, 0.1) is 22.7 Å². The molecule has 0 heterocycles. The number of carbonyl (C=O) groups excluding carboxylic acids is 2. The number of halogens is 1. The molecule has 0 aliphatic heterocycles. The predicted octanol–water partition coefficient (Wildman–Crippen LogP) is 8.70. The Morgan fingerprint density at radius 1 is 0.690 bits per heavy atom. The maximum Gasteiger partial charge on any atom is 0.345 e.